The second-order valence-corrected chi connectivity index (χ2v) is 2.39. The number of carbonyl (C=O) groups excluding carboxylic acids is 1. The number of aliphatic imine (C=N–C) groups is 1. The average molecular weight is 204 g/mol. The number of nitrogens with zero attached hydrogens (tertiary/aromatic N) is 1. The molecule has 0 aliphatic carbocycles. The first-order chi connectivity index (χ1) is 4.91. The van der Waals surface area contributed by atoms with Crippen LogP contribution in [0.3, 0.4) is 0 Å². The fraction of sp³-hybridized carbons (Fsp3) is 0.571. The first kappa shape index (κ1) is 9.60. The molecule has 0 fully saturated rings. The molecule has 0 saturated carbocycles. The van der Waals surface area contributed by atoms with Gasteiger partial charge in [0.15, 0.2) is 0 Å². The van der Waals surface area contributed by atoms with Crippen LogP contribution < -0.4 is 0 Å². The first-order valence-electron chi connectivity index (χ1n) is 3.16. The number of alkyl halides is 1. The van der Waals surface area contributed by atoms with Gasteiger partial charge in [0.2, 0.25) is 6.08 Å². The molecule has 0 aliphatic heterocycles. The number of hydrogen-bond donors (Lipinski definition) is 0. The summed E-state index contributed by atoms with van der Waals surface area (Å²) in [5.74, 6) is 0. The van der Waals surface area contributed by atoms with E-state index in [0.29, 0.717) is 6.54 Å². The zero-order chi connectivity index (χ0) is 7.66. The van der Waals surface area contributed by atoms with E-state index in [1.54, 1.807) is 0 Å². The van der Waals surface area contributed by atoms with Crippen molar-refractivity contribution >= 4 is 22.0 Å². The summed E-state index contributed by atoms with van der Waals surface area (Å²) < 4.78 is 0. The summed E-state index contributed by atoms with van der Waals surface area (Å²) in [6.45, 7) is 0.593. The Kier molecular flexibility index (Phi) is 8.26. The van der Waals surface area contributed by atoms with Gasteiger partial charge in [-0.15, -0.1) is 0 Å². The Hall–Kier alpha value is -0.400. The minimum absolute atomic E-state index is 0.593. The fourth-order valence-electron chi connectivity index (χ4n) is 0.515. The van der Waals surface area contributed by atoms with Crippen LogP contribution in [0, 0.1) is 0 Å². The zero-order valence-corrected chi connectivity index (χ0v) is 7.30. The Labute approximate surface area is 69.2 Å². The minimum atomic E-state index is 0.593. The number of isocyanates is 1. The maximum atomic E-state index is 9.58. The van der Waals surface area contributed by atoms with E-state index in [2.05, 4.69) is 27.0 Å². The molecule has 0 amide bonds. The summed E-state index contributed by atoms with van der Waals surface area (Å²) in [7, 11) is 0. The van der Waals surface area contributed by atoms with E-state index in [1.165, 1.54) is 6.08 Å². The highest BCUT2D eigenvalue weighted by atomic mass is 79.9. The maximum absolute atomic E-state index is 9.58. The first-order valence-corrected chi connectivity index (χ1v) is 4.28. The summed E-state index contributed by atoms with van der Waals surface area (Å²) in [4.78, 5) is 13.0. The van der Waals surface area contributed by atoms with Gasteiger partial charge in [-0.25, -0.2) is 9.79 Å². The largest absolute Gasteiger partial charge is 0.234 e. The summed E-state index contributed by atoms with van der Waals surface area (Å²) in [6.07, 6.45) is 7.51. The third-order valence-electron chi connectivity index (χ3n) is 0.961. The zero-order valence-electron chi connectivity index (χ0n) is 5.72. The highest BCUT2D eigenvalue weighted by molar-refractivity contribution is 9.09. The van der Waals surface area contributed by atoms with E-state index in [4.69, 9.17) is 0 Å². The smallest absolute Gasteiger partial charge is 0.211 e. The molecule has 0 heterocycles. The predicted molar refractivity (Wildman–Crippen MR) is 45.2 cm³/mol. The van der Waals surface area contributed by atoms with Crippen molar-refractivity contribution in [1.82, 2.24) is 0 Å². The number of allylic oxidation sites excluding steroid dienone is 2. The van der Waals surface area contributed by atoms with E-state index in [1.807, 2.05) is 6.08 Å². The molecule has 0 unspecified atom stereocenters. The third-order valence-corrected chi connectivity index (χ3v) is 1.33. The highest BCUT2D eigenvalue weighted by Crippen LogP contribution is 1.92. The molecule has 3 heteroatoms. The molecule has 0 spiro atoms. The van der Waals surface area contributed by atoms with Gasteiger partial charge in [-0.3, -0.25) is 0 Å². The van der Waals surface area contributed by atoms with Gasteiger partial charge in [0.25, 0.3) is 0 Å². The van der Waals surface area contributed by atoms with E-state index in [0.717, 1.165) is 18.2 Å². The molecule has 0 radical (unpaired) electrons. The van der Waals surface area contributed by atoms with Gasteiger partial charge >= 0.3 is 0 Å². The summed E-state index contributed by atoms with van der Waals surface area (Å²) >= 11 is 3.26. The van der Waals surface area contributed by atoms with Crippen molar-refractivity contribution in [3.63, 3.8) is 0 Å². The van der Waals surface area contributed by atoms with Crippen molar-refractivity contribution < 1.29 is 4.79 Å². The van der Waals surface area contributed by atoms with E-state index in [-0.39, 0.29) is 0 Å². The van der Waals surface area contributed by atoms with Crippen LogP contribution in [-0.4, -0.2) is 18.0 Å². The molecule has 0 saturated heterocycles. The lowest BCUT2D eigenvalue weighted by Gasteiger charge is -1.85. The van der Waals surface area contributed by atoms with E-state index in [9.17, 15) is 4.79 Å². The minimum Gasteiger partial charge on any atom is -0.211 e. The van der Waals surface area contributed by atoms with Crippen LogP contribution in [-0.2, 0) is 4.79 Å². The molecular weight excluding hydrogens is 194 g/mol. The second kappa shape index (κ2) is 8.60. The van der Waals surface area contributed by atoms with Crippen LogP contribution in [0.4, 0.5) is 0 Å². The molecular formula is C7H10BrNO. The van der Waals surface area contributed by atoms with Gasteiger partial charge in [0.05, 0.1) is 6.54 Å². The SMILES string of the molecule is O=C=NCCCC=CCBr. The lowest BCUT2D eigenvalue weighted by atomic mass is 10.3. The average Bonchev–Trinajstić information content (AvgIpc) is 1.97. The van der Waals surface area contributed by atoms with Crippen molar-refractivity contribution in [1.29, 1.82) is 0 Å². The van der Waals surface area contributed by atoms with Gasteiger partial charge in [0.1, 0.15) is 0 Å². The molecule has 0 aliphatic rings. The van der Waals surface area contributed by atoms with Crippen LogP contribution in [0.1, 0.15) is 12.8 Å². The Balaban J connectivity index is 3.04. The summed E-state index contributed by atoms with van der Waals surface area (Å²) in [5, 5.41) is 0.893. The van der Waals surface area contributed by atoms with Crippen LogP contribution >= 0.6 is 15.9 Å². The molecule has 0 rings (SSSR count). The van der Waals surface area contributed by atoms with E-state index < -0.39 is 0 Å². The van der Waals surface area contributed by atoms with Crippen LogP contribution in [0.5, 0.6) is 0 Å². The number of unbranched alkanes of at least 4 members (excludes halogenated alkanes) is 1. The van der Waals surface area contributed by atoms with Crippen molar-refractivity contribution in [3.8, 4) is 0 Å². The van der Waals surface area contributed by atoms with Gasteiger partial charge in [-0.05, 0) is 12.8 Å². The molecule has 0 bridgehead atoms. The Morgan fingerprint density at radius 1 is 1.50 bits per heavy atom. The normalized spacial score (nSPS) is 9.70. The highest BCUT2D eigenvalue weighted by Gasteiger charge is 1.79. The van der Waals surface area contributed by atoms with Crippen molar-refractivity contribution in [2.75, 3.05) is 11.9 Å². The Morgan fingerprint density at radius 3 is 2.90 bits per heavy atom. The fourth-order valence-corrected chi connectivity index (χ4v) is 0.779. The molecule has 0 aromatic rings. The topological polar surface area (TPSA) is 29.4 Å². The van der Waals surface area contributed by atoms with Gasteiger partial charge < -0.3 is 0 Å². The van der Waals surface area contributed by atoms with Crippen LogP contribution in [0.2, 0.25) is 0 Å². The molecule has 0 N–H and O–H groups in total. The Bertz CT molecular complexity index is 139. The second-order valence-electron chi connectivity index (χ2n) is 1.74. The molecule has 56 valence electrons. The van der Waals surface area contributed by atoms with Gasteiger partial charge in [-0.1, -0.05) is 28.1 Å². The molecule has 0 atom stereocenters. The van der Waals surface area contributed by atoms with Crippen molar-refractivity contribution in [3.05, 3.63) is 12.2 Å². The number of halogens is 1. The maximum Gasteiger partial charge on any atom is 0.234 e. The quantitative estimate of drug-likeness (QED) is 0.221. The molecule has 0 aromatic carbocycles. The standard InChI is InChI=1S/C7H10BrNO/c8-5-3-1-2-4-6-9-7-10/h1,3H,2,4-6H2. The lowest BCUT2D eigenvalue weighted by Crippen LogP contribution is -1.77. The predicted octanol–water partition coefficient (Wildman–Crippen LogP) is 2.05. The lowest BCUT2D eigenvalue weighted by molar-refractivity contribution is 0.562. The number of hydrogen-bond acceptors (Lipinski definition) is 2. The van der Waals surface area contributed by atoms with Crippen LogP contribution in [0.25, 0.3) is 0 Å². The Morgan fingerprint density at radius 2 is 2.30 bits per heavy atom. The summed E-state index contributed by atoms with van der Waals surface area (Å²) in [5.41, 5.74) is 0. The number of rotatable bonds is 5. The molecule has 0 aromatic heterocycles. The van der Waals surface area contributed by atoms with Gasteiger partial charge in [0, 0.05) is 5.33 Å². The van der Waals surface area contributed by atoms with Crippen molar-refractivity contribution in [2.45, 2.75) is 12.8 Å². The van der Waals surface area contributed by atoms with Crippen LogP contribution in [0.15, 0.2) is 17.1 Å². The summed E-state index contributed by atoms with van der Waals surface area (Å²) in [6, 6.07) is 0. The van der Waals surface area contributed by atoms with Gasteiger partial charge in [-0.2, -0.15) is 0 Å². The molecule has 10 heavy (non-hydrogen) atoms. The monoisotopic (exact) mass is 203 g/mol. The third kappa shape index (κ3) is 7.60. The van der Waals surface area contributed by atoms with E-state index >= 15 is 0 Å². The molecule has 2 nitrogen and oxygen atoms in total. The van der Waals surface area contributed by atoms with Crippen molar-refractivity contribution in [2.24, 2.45) is 4.99 Å².